The van der Waals surface area contributed by atoms with Gasteiger partial charge in [-0.25, -0.2) is 0 Å². The molecule has 6 heteroatoms. The number of H-pyrrole nitrogens is 1. The van der Waals surface area contributed by atoms with Crippen LogP contribution < -0.4 is 4.74 Å². The van der Waals surface area contributed by atoms with E-state index in [-0.39, 0.29) is 0 Å². The van der Waals surface area contributed by atoms with Crippen LogP contribution in [0.15, 0.2) is 52.7 Å². The summed E-state index contributed by atoms with van der Waals surface area (Å²) in [6.45, 7) is 6.04. The number of nitrogens with zero attached hydrogens (tertiary/aromatic N) is 3. The zero-order valence-electron chi connectivity index (χ0n) is 18.4. The second kappa shape index (κ2) is 6.79. The minimum atomic E-state index is 0.767. The lowest BCUT2D eigenvalue weighted by molar-refractivity contribution is 0.393. The van der Waals surface area contributed by atoms with Gasteiger partial charge in [-0.05, 0) is 50.5 Å². The first-order chi connectivity index (χ1) is 15.6. The number of aromatic amines is 1. The van der Waals surface area contributed by atoms with Crippen molar-refractivity contribution in [1.29, 1.82) is 0 Å². The van der Waals surface area contributed by atoms with Crippen molar-refractivity contribution >= 4 is 27.4 Å². The molecule has 6 nitrogen and oxygen atoms in total. The van der Waals surface area contributed by atoms with Crippen LogP contribution in [0.25, 0.3) is 38.5 Å². The average Bonchev–Trinajstić information content (AvgIpc) is 3.44. The molecule has 0 unspecified atom stereocenters. The molecular weight excluding hydrogens is 400 g/mol. The first kappa shape index (κ1) is 18.8. The number of hydrogen-bond donors (Lipinski definition) is 1. The molecule has 6 rings (SSSR count). The van der Waals surface area contributed by atoms with Crippen molar-refractivity contribution in [3.8, 4) is 16.9 Å². The molecule has 3 aromatic heterocycles. The molecular formula is C26H22N4O2. The zero-order valence-corrected chi connectivity index (χ0v) is 18.4. The van der Waals surface area contributed by atoms with E-state index in [0.29, 0.717) is 0 Å². The molecule has 32 heavy (non-hydrogen) atoms. The molecule has 1 aliphatic rings. The van der Waals surface area contributed by atoms with Crippen LogP contribution in [0.3, 0.4) is 0 Å². The predicted octanol–water partition coefficient (Wildman–Crippen LogP) is 5.77. The fourth-order valence-electron chi connectivity index (χ4n) is 5.05. The lowest BCUT2D eigenvalue weighted by Gasteiger charge is -2.10. The number of ether oxygens (including phenoxy) is 1. The predicted molar refractivity (Wildman–Crippen MR) is 125 cm³/mol. The Morgan fingerprint density at radius 2 is 1.88 bits per heavy atom. The summed E-state index contributed by atoms with van der Waals surface area (Å²) in [5.41, 5.74) is 10.7. The van der Waals surface area contributed by atoms with Gasteiger partial charge in [-0.3, -0.25) is 0 Å². The summed E-state index contributed by atoms with van der Waals surface area (Å²) in [5.74, 6) is 1.54. The Hall–Kier alpha value is -3.93. The third kappa shape index (κ3) is 2.56. The van der Waals surface area contributed by atoms with E-state index in [1.165, 1.54) is 22.3 Å². The van der Waals surface area contributed by atoms with E-state index in [2.05, 4.69) is 63.7 Å². The molecule has 158 valence electrons. The molecule has 3 heterocycles. The molecule has 0 saturated carbocycles. The van der Waals surface area contributed by atoms with Gasteiger partial charge >= 0.3 is 0 Å². The number of aromatic nitrogens is 4. The quantitative estimate of drug-likeness (QED) is 0.399. The van der Waals surface area contributed by atoms with Crippen molar-refractivity contribution in [3.63, 3.8) is 0 Å². The van der Waals surface area contributed by atoms with E-state index < -0.39 is 0 Å². The molecule has 0 aliphatic heterocycles. The lowest BCUT2D eigenvalue weighted by atomic mass is 9.97. The van der Waals surface area contributed by atoms with Crippen molar-refractivity contribution in [1.82, 2.24) is 20.3 Å². The first-order valence-corrected chi connectivity index (χ1v) is 10.6. The standard InChI is InChI=1S/C26H22N4O2/c1-13-9-16-7-5-6-8-17(16)23(13)26-25-18-11-22(31-4)19(24-14(2)30-32-15(24)3)10-20(18)28-21(25)12-27-29-26/h5-8,10-12,28H,9H2,1-4H3. The van der Waals surface area contributed by atoms with E-state index >= 15 is 0 Å². The third-order valence-electron chi connectivity index (χ3n) is 6.44. The Kier molecular flexibility index (Phi) is 3.99. The van der Waals surface area contributed by atoms with Crippen LogP contribution in [0.5, 0.6) is 5.75 Å². The minimum absolute atomic E-state index is 0.767. The largest absolute Gasteiger partial charge is 0.496 e. The van der Waals surface area contributed by atoms with E-state index in [0.717, 1.165) is 62.3 Å². The van der Waals surface area contributed by atoms with Gasteiger partial charge in [-0.15, -0.1) is 5.10 Å². The summed E-state index contributed by atoms with van der Waals surface area (Å²) in [6.07, 6.45) is 2.73. The SMILES string of the molecule is COc1cc2c(cc1-c1c(C)noc1C)[nH]c1cnnc(C3=C(C)Cc4ccccc43)c12. The number of hydrogen-bond acceptors (Lipinski definition) is 5. The molecule has 0 spiro atoms. The molecule has 0 amide bonds. The topological polar surface area (TPSA) is 76.8 Å². The molecule has 5 aromatic rings. The molecule has 2 aromatic carbocycles. The van der Waals surface area contributed by atoms with Gasteiger partial charge in [0.1, 0.15) is 17.2 Å². The highest BCUT2D eigenvalue weighted by Crippen LogP contribution is 2.43. The van der Waals surface area contributed by atoms with Gasteiger partial charge in [-0.1, -0.05) is 35.0 Å². The Bertz CT molecular complexity index is 1550. The monoisotopic (exact) mass is 422 g/mol. The second-order valence-electron chi connectivity index (χ2n) is 8.39. The van der Waals surface area contributed by atoms with Crippen LogP contribution in [0, 0.1) is 13.8 Å². The summed E-state index contributed by atoms with van der Waals surface area (Å²) in [7, 11) is 1.69. The number of allylic oxidation sites excluding steroid dienone is 1. The van der Waals surface area contributed by atoms with E-state index in [1.54, 1.807) is 13.3 Å². The van der Waals surface area contributed by atoms with Gasteiger partial charge in [0.05, 0.1) is 30.1 Å². The number of aryl methyl sites for hydroxylation is 2. The molecule has 1 aliphatic carbocycles. The lowest BCUT2D eigenvalue weighted by Crippen LogP contribution is -1.95. The molecule has 0 saturated heterocycles. The molecule has 0 radical (unpaired) electrons. The highest BCUT2D eigenvalue weighted by atomic mass is 16.5. The van der Waals surface area contributed by atoms with Gasteiger partial charge < -0.3 is 14.2 Å². The van der Waals surface area contributed by atoms with Gasteiger partial charge in [0.2, 0.25) is 0 Å². The third-order valence-corrected chi connectivity index (χ3v) is 6.44. The van der Waals surface area contributed by atoms with Gasteiger partial charge in [-0.2, -0.15) is 5.10 Å². The number of methoxy groups -OCH3 is 1. The van der Waals surface area contributed by atoms with Crippen LogP contribution in [-0.2, 0) is 6.42 Å². The molecule has 1 N–H and O–H groups in total. The van der Waals surface area contributed by atoms with Crippen LogP contribution in [0.2, 0.25) is 0 Å². The smallest absolute Gasteiger partial charge is 0.141 e. The fraction of sp³-hybridized carbons (Fsp3) is 0.192. The number of rotatable bonds is 3. The van der Waals surface area contributed by atoms with Crippen LogP contribution in [0.1, 0.15) is 35.2 Å². The molecule has 0 bridgehead atoms. The van der Waals surface area contributed by atoms with Gasteiger partial charge in [0.15, 0.2) is 0 Å². The summed E-state index contributed by atoms with van der Waals surface area (Å²) < 4.78 is 11.2. The molecule has 0 fully saturated rings. The van der Waals surface area contributed by atoms with Crippen LogP contribution in [0.4, 0.5) is 0 Å². The van der Waals surface area contributed by atoms with E-state index in [9.17, 15) is 0 Å². The normalized spacial score (nSPS) is 13.4. The van der Waals surface area contributed by atoms with E-state index in [4.69, 9.17) is 9.26 Å². The number of nitrogens with one attached hydrogen (secondary N) is 1. The second-order valence-corrected chi connectivity index (χ2v) is 8.39. The van der Waals surface area contributed by atoms with E-state index in [1.807, 2.05) is 13.8 Å². The Morgan fingerprint density at radius 3 is 2.66 bits per heavy atom. The van der Waals surface area contributed by atoms with Crippen molar-refractivity contribution in [2.24, 2.45) is 0 Å². The maximum atomic E-state index is 5.82. The zero-order chi connectivity index (χ0) is 22.0. The van der Waals surface area contributed by atoms with Crippen molar-refractivity contribution in [2.45, 2.75) is 27.2 Å². The fourth-order valence-corrected chi connectivity index (χ4v) is 5.05. The summed E-state index contributed by atoms with van der Waals surface area (Å²) >= 11 is 0. The van der Waals surface area contributed by atoms with Crippen molar-refractivity contribution in [2.75, 3.05) is 7.11 Å². The maximum Gasteiger partial charge on any atom is 0.141 e. The van der Waals surface area contributed by atoms with Crippen molar-refractivity contribution < 1.29 is 9.26 Å². The summed E-state index contributed by atoms with van der Waals surface area (Å²) in [5, 5.41) is 15.2. The minimum Gasteiger partial charge on any atom is -0.496 e. The van der Waals surface area contributed by atoms with Gasteiger partial charge in [0, 0.05) is 27.4 Å². The average molecular weight is 422 g/mol. The van der Waals surface area contributed by atoms with Crippen LogP contribution in [-0.4, -0.2) is 27.4 Å². The number of fused-ring (bicyclic) bond motifs is 4. The highest BCUT2D eigenvalue weighted by Gasteiger charge is 2.25. The Balaban J connectivity index is 1.66. The van der Waals surface area contributed by atoms with Crippen LogP contribution >= 0.6 is 0 Å². The van der Waals surface area contributed by atoms with Gasteiger partial charge in [0.25, 0.3) is 0 Å². The first-order valence-electron chi connectivity index (χ1n) is 10.6. The summed E-state index contributed by atoms with van der Waals surface area (Å²) in [4.78, 5) is 3.54. The Morgan fingerprint density at radius 1 is 1.03 bits per heavy atom. The van der Waals surface area contributed by atoms with Crippen molar-refractivity contribution in [3.05, 3.63) is 76.4 Å². The Labute approximate surface area is 184 Å². The summed E-state index contributed by atoms with van der Waals surface area (Å²) in [6, 6.07) is 12.7. The number of benzene rings is 2. The molecule has 0 atom stereocenters. The maximum absolute atomic E-state index is 5.82. The highest BCUT2D eigenvalue weighted by molar-refractivity contribution is 6.14.